The molecule has 1 fully saturated rings. The third-order valence-corrected chi connectivity index (χ3v) is 5.24. The normalized spacial score (nSPS) is 14.3. The number of carbonyl (C=O) groups excluding carboxylic acids is 1. The van der Waals surface area contributed by atoms with E-state index in [0.717, 1.165) is 24.6 Å². The summed E-state index contributed by atoms with van der Waals surface area (Å²) < 4.78 is 24.3. The van der Waals surface area contributed by atoms with Crippen LogP contribution in [0, 0.1) is 11.6 Å². The molecule has 152 valence electrons. The Morgan fingerprint density at radius 2 is 1.90 bits per heavy atom. The fraction of sp³-hybridized carbons (Fsp3) is 0.286. The van der Waals surface area contributed by atoms with Gasteiger partial charge in [-0.15, -0.1) is 0 Å². The van der Waals surface area contributed by atoms with Gasteiger partial charge in [0.15, 0.2) is 17.1 Å². The molecule has 0 bridgehead atoms. The van der Waals surface area contributed by atoms with Crippen molar-refractivity contribution in [2.75, 3.05) is 0 Å². The lowest BCUT2D eigenvalue weighted by atomic mass is 9.86. The minimum absolute atomic E-state index is 0.0407. The van der Waals surface area contributed by atoms with Crippen LogP contribution in [0.1, 0.15) is 54.2 Å². The molecule has 3 aromatic rings. The van der Waals surface area contributed by atoms with Crippen molar-refractivity contribution in [1.82, 2.24) is 9.97 Å². The van der Waals surface area contributed by atoms with Crippen LogP contribution in [0.15, 0.2) is 41.3 Å². The quantitative estimate of drug-likeness (QED) is 0.590. The number of nitrogens with one attached hydrogen (secondary N) is 1. The number of primary amides is 1. The number of nitrogens with zero attached hydrogens (tertiary/aromatic N) is 1. The molecule has 0 aliphatic heterocycles. The lowest BCUT2D eigenvalue weighted by molar-refractivity contribution is 0.0997. The second kappa shape index (κ2) is 9.13. The number of benzene rings is 1. The predicted molar refractivity (Wildman–Crippen MR) is 108 cm³/mol. The Hall–Kier alpha value is -2.80. The van der Waals surface area contributed by atoms with Gasteiger partial charge in [0.05, 0.1) is 15.9 Å². The highest BCUT2D eigenvalue weighted by Crippen LogP contribution is 2.31. The predicted octanol–water partition coefficient (Wildman–Crippen LogP) is 4.69. The maximum absolute atomic E-state index is 12.3. The zero-order valence-electron chi connectivity index (χ0n) is 15.6. The number of aromatic nitrogens is 2. The van der Waals surface area contributed by atoms with Crippen molar-refractivity contribution in [3.05, 3.63) is 74.8 Å². The fourth-order valence-corrected chi connectivity index (χ4v) is 3.68. The van der Waals surface area contributed by atoms with Gasteiger partial charge in [-0.3, -0.25) is 14.6 Å². The topological polar surface area (TPSA) is 88.8 Å². The van der Waals surface area contributed by atoms with Crippen LogP contribution in [0.5, 0.6) is 0 Å². The van der Waals surface area contributed by atoms with Crippen molar-refractivity contribution in [2.45, 2.75) is 38.0 Å². The van der Waals surface area contributed by atoms with E-state index in [1.807, 2.05) is 0 Å². The molecule has 1 aliphatic rings. The molecule has 1 aliphatic carbocycles. The summed E-state index contributed by atoms with van der Waals surface area (Å²) >= 11 is 5.20. The number of pyridine rings is 2. The molecule has 1 aromatic carbocycles. The summed E-state index contributed by atoms with van der Waals surface area (Å²) in [5, 5.41) is 0.106. The maximum atomic E-state index is 12.3. The van der Waals surface area contributed by atoms with Crippen LogP contribution in [0.4, 0.5) is 8.78 Å². The number of hydrogen-bond donors (Lipinski definition) is 2. The summed E-state index contributed by atoms with van der Waals surface area (Å²) in [7, 11) is 0. The first-order valence-electron chi connectivity index (χ1n) is 9.29. The lowest BCUT2D eigenvalue weighted by Gasteiger charge is -2.21. The second-order valence-corrected chi connectivity index (χ2v) is 7.31. The number of fused-ring (bicyclic) bond motifs is 1. The highest BCUT2D eigenvalue weighted by Gasteiger charge is 2.19. The third-order valence-electron chi connectivity index (χ3n) is 4.95. The first-order chi connectivity index (χ1) is 13.9. The van der Waals surface area contributed by atoms with Gasteiger partial charge in [-0.2, -0.15) is 0 Å². The summed E-state index contributed by atoms with van der Waals surface area (Å²) in [6.45, 7) is 0. The molecule has 1 saturated carbocycles. The molecular formula is C21H20ClF2N3O2. The summed E-state index contributed by atoms with van der Waals surface area (Å²) in [5.41, 5.74) is 6.74. The van der Waals surface area contributed by atoms with Crippen molar-refractivity contribution < 1.29 is 13.6 Å². The van der Waals surface area contributed by atoms with Gasteiger partial charge in [0, 0.05) is 18.0 Å². The zero-order valence-corrected chi connectivity index (χ0v) is 16.3. The second-order valence-electron chi connectivity index (χ2n) is 6.91. The van der Waals surface area contributed by atoms with E-state index in [4.69, 9.17) is 17.3 Å². The van der Waals surface area contributed by atoms with Crippen molar-refractivity contribution in [3.8, 4) is 0 Å². The fourth-order valence-electron chi connectivity index (χ4n) is 3.52. The molecule has 29 heavy (non-hydrogen) atoms. The Morgan fingerprint density at radius 1 is 1.17 bits per heavy atom. The van der Waals surface area contributed by atoms with E-state index in [1.165, 1.54) is 37.6 Å². The van der Waals surface area contributed by atoms with Gasteiger partial charge in [0.2, 0.25) is 0 Å². The Kier molecular flexibility index (Phi) is 6.59. The van der Waals surface area contributed by atoms with Crippen molar-refractivity contribution in [1.29, 1.82) is 0 Å². The molecule has 0 atom stereocenters. The minimum atomic E-state index is -0.987. The molecule has 1 amide bonds. The zero-order chi connectivity index (χ0) is 21.0. The molecule has 0 radical (unpaired) electrons. The Morgan fingerprint density at radius 3 is 2.52 bits per heavy atom. The minimum Gasteiger partial charge on any atom is -0.364 e. The summed E-state index contributed by atoms with van der Waals surface area (Å²) in [6, 6.07) is 6.98. The van der Waals surface area contributed by atoms with E-state index in [1.54, 1.807) is 12.1 Å². The molecular weight excluding hydrogens is 400 g/mol. The average Bonchev–Trinajstić information content (AvgIpc) is 2.72. The van der Waals surface area contributed by atoms with Gasteiger partial charge in [-0.25, -0.2) is 8.78 Å². The molecule has 0 saturated heterocycles. The number of halogens is 3. The molecule has 5 nitrogen and oxygen atoms in total. The monoisotopic (exact) mass is 419 g/mol. The third kappa shape index (κ3) is 4.79. The molecule has 3 N–H and O–H groups in total. The van der Waals surface area contributed by atoms with Crippen LogP contribution in [0.3, 0.4) is 0 Å². The van der Waals surface area contributed by atoms with Gasteiger partial charge in [-0.1, -0.05) is 36.9 Å². The van der Waals surface area contributed by atoms with E-state index < -0.39 is 17.5 Å². The number of amides is 1. The summed E-state index contributed by atoms with van der Waals surface area (Å²) in [6.07, 6.45) is 7.39. The molecule has 2 heterocycles. The number of hydrogen-bond acceptors (Lipinski definition) is 3. The van der Waals surface area contributed by atoms with Crippen molar-refractivity contribution >= 4 is 28.4 Å². The lowest BCUT2D eigenvalue weighted by Crippen LogP contribution is -2.19. The van der Waals surface area contributed by atoms with E-state index in [2.05, 4.69) is 9.97 Å². The van der Waals surface area contributed by atoms with Gasteiger partial charge < -0.3 is 10.7 Å². The standard InChI is InChI=1S/C15H17N3O2.C6H3ClF2/c16-15(20)14-13-10(6-7-17-14)18-11(8-12(13)19)9-4-2-1-3-5-9;7-4-2-1-3-5(8)6(4)9/h6-9H,1-5H2,(H2,16,20)(H,18,19);1-3H. The molecule has 0 unspecified atom stereocenters. The molecule has 4 rings (SSSR count). The SMILES string of the molecule is Fc1cccc(Cl)c1F.NC(=O)c1nccc2[nH]c(C3CCCCC3)cc(=O)c12. The largest absolute Gasteiger partial charge is 0.364 e. The van der Waals surface area contributed by atoms with Crippen LogP contribution >= 0.6 is 11.6 Å². The van der Waals surface area contributed by atoms with Crippen molar-refractivity contribution in [2.24, 2.45) is 5.73 Å². The molecule has 8 heteroatoms. The highest BCUT2D eigenvalue weighted by atomic mass is 35.5. The van der Waals surface area contributed by atoms with Gasteiger partial charge >= 0.3 is 0 Å². The highest BCUT2D eigenvalue weighted by molar-refractivity contribution is 6.30. The van der Waals surface area contributed by atoms with Crippen LogP contribution in [-0.2, 0) is 0 Å². The van der Waals surface area contributed by atoms with Crippen LogP contribution in [-0.4, -0.2) is 15.9 Å². The van der Waals surface area contributed by atoms with E-state index in [-0.39, 0.29) is 16.1 Å². The van der Waals surface area contributed by atoms with Crippen LogP contribution < -0.4 is 11.2 Å². The smallest absolute Gasteiger partial charge is 0.268 e. The van der Waals surface area contributed by atoms with Crippen LogP contribution in [0.2, 0.25) is 5.02 Å². The number of rotatable bonds is 2. The Bertz CT molecular complexity index is 1070. The van der Waals surface area contributed by atoms with Gasteiger partial charge in [0.1, 0.15) is 5.69 Å². The Balaban J connectivity index is 0.000000224. The van der Waals surface area contributed by atoms with E-state index in [9.17, 15) is 18.4 Å². The number of carbonyl (C=O) groups is 1. The molecule has 2 aromatic heterocycles. The maximum Gasteiger partial charge on any atom is 0.268 e. The van der Waals surface area contributed by atoms with E-state index in [0.29, 0.717) is 16.8 Å². The Labute approximate surface area is 170 Å². The number of aromatic amines is 1. The van der Waals surface area contributed by atoms with Gasteiger partial charge in [0.25, 0.3) is 5.91 Å². The van der Waals surface area contributed by atoms with E-state index >= 15 is 0 Å². The summed E-state index contributed by atoms with van der Waals surface area (Å²) in [5.74, 6) is -2.17. The number of H-pyrrole nitrogens is 1. The van der Waals surface area contributed by atoms with Crippen molar-refractivity contribution in [3.63, 3.8) is 0 Å². The van der Waals surface area contributed by atoms with Gasteiger partial charge in [-0.05, 0) is 37.0 Å². The average molecular weight is 420 g/mol. The van der Waals surface area contributed by atoms with Crippen LogP contribution in [0.25, 0.3) is 10.9 Å². The molecule has 0 spiro atoms. The first-order valence-corrected chi connectivity index (χ1v) is 9.67. The first kappa shape index (κ1) is 20.9. The summed E-state index contributed by atoms with van der Waals surface area (Å²) in [4.78, 5) is 30.9. The number of nitrogens with two attached hydrogens (primary N) is 1.